The zero-order valence-corrected chi connectivity index (χ0v) is 11.0. The Hall–Kier alpha value is -1.68. The number of aliphatic hydroxyl groups is 1. The summed E-state index contributed by atoms with van der Waals surface area (Å²) in [5.41, 5.74) is 3.43. The third-order valence-electron chi connectivity index (χ3n) is 3.77. The minimum Gasteiger partial charge on any atom is -0.390 e. The second-order valence-corrected chi connectivity index (χ2v) is 5.06. The first-order chi connectivity index (χ1) is 9.20. The number of aromatic nitrogens is 2. The van der Waals surface area contributed by atoms with E-state index in [9.17, 15) is 9.50 Å². The van der Waals surface area contributed by atoms with Crippen molar-refractivity contribution < 1.29 is 9.50 Å². The lowest BCUT2D eigenvalue weighted by Crippen LogP contribution is -2.12. The molecule has 0 spiro atoms. The molecule has 0 bridgehead atoms. The maximum absolute atomic E-state index is 13.4. The summed E-state index contributed by atoms with van der Waals surface area (Å²) in [5, 5.41) is 9.42. The highest BCUT2D eigenvalue weighted by molar-refractivity contribution is 5.58. The van der Waals surface area contributed by atoms with E-state index in [0.717, 1.165) is 48.6 Å². The molecule has 1 aromatic carbocycles. The molecular formula is C15H17FN2O. The van der Waals surface area contributed by atoms with Gasteiger partial charge >= 0.3 is 0 Å². The smallest absolute Gasteiger partial charge is 0.140 e. The molecule has 0 saturated carbocycles. The van der Waals surface area contributed by atoms with Gasteiger partial charge in [-0.2, -0.15) is 0 Å². The molecule has 0 saturated heterocycles. The Kier molecular flexibility index (Phi) is 3.11. The second kappa shape index (κ2) is 4.78. The standard InChI is InChI=1S/C15H17FN2O/c1-10-8-11(5-6-12(10)16)15-17-13(9-19)14-4-2-3-7-18(14)15/h5-6,8,19H,2-4,7,9H2,1H3. The number of fused-ring (bicyclic) bond motifs is 1. The van der Waals surface area contributed by atoms with Crippen molar-refractivity contribution in [1.82, 2.24) is 9.55 Å². The fraction of sp³-hybridized carbons (Fsp3) is 0.400. The fourth-order valence-corrected chi connectivity index (χ4v) is 2.75. The number of aliphatic hydroxyl groups excluding tert-OH is 1. The summed E-state index contributed by atoms with van der Waals surface area (Å²) in [6, 6.07) is 5.06. The lowest BCUT2D eigenvalue weighted by molar-refractivity contribution is 0.275. The number of rotatable bonds is 2. The highest BCUT2D eigenvalue weighted by Gasteiger charge is 2.20. The number of nitrogens with zero attached hydrogens (tertiary/aromatic N) is 2. The summed E-state index contributed by atoms with van der Waals surface area (Å²) in [6.45, 7) is 2.65. The van der Waals surface area contributed by atoms with E-state index >= 15 is 0 Å². The highest BCUT2D eigenvalue weighted by atomic mass is 19.1. The van der Waals surface area contributed by atoms with Crippen molar-refractivity contribution in [3.63, 3.8) is 0 Å². The zero-order valence-electron chi connectivity index (χ0n) is 11.0. The van der Waals surface area contributed by atoms with E-state index in [2.05, 4.69) is 9.55 Å². The van der Waals surface area contributed by atoms with Gasteiger partial charge in [-0.15, -0.1) is 0 Å². The first-order valence-corrected chi connectivity index (χ1v) is 6.66. The Bertz CT molecular complexity index is 619. The van der Waals surface area contributed by atoms with Gasteiger partial charge in [-0.25, -0.2) is 9.37 Å². The van der Waals surface area contributed by atoms with Gasteiger partial charge in [0.2, 0.25) is 0 Å². The van der Waals surface area contributed by atoms with Gasteiger partial charge in [0.15, 0.2) is 0 Å². The molecule has 2 heterocycles. The SMILES string of the molecule is Cc1cc(-c2nc(CO)c3n2CCCC3)ccc1F. The average Bonchev–Trinajstić information content (AvgIpc) is 2.81. The number of imidazole rings is 1. The van der Waals surface area contributed by atoms with Crippen LogP contribution >= 0.6 is 0 Å². The summed E-state index contributed by atoms with van der Waals surface area (Å²) < 4.78 is 15.5. The Balaban J connectivity index is 2.14. The molecule has 3 rings (SSSR count). The van der Waals surface area contributed by atoms with Gasteiger partial charge in [0.05, 0.1) is 12.3 Å². The van der Waals surface area contributed by atoms with Crippen LogP contribution in [-0.2, 0) is 19.6 Å². The van der Waals surface area contributed by atoms with Gasteiger partial charge in [0, 0.05) is 17.8 Å². The maximum atomic E-state index is 13.4. The minimum absolute atomic E-state index is 0.0322. The molecule has 100 valence electrons. The third-order valence-corrected chi connectivity index (χ3v) is 3.77. The summed E-state index contributed by atoms with van der Waals surface area (Å²) in [4.78, 5) is 4.54. The van der Waals surface area contributed by atoms with Crippen LogP contribution in [0.4, 0.5) is 4.39 Å². The summed E-state index contributed by atoms with van der Waals surface area (Å²) in [5.74, 6) is 0.651. The van der Waals surface area contributed by atoms with Gasteiger partial charge in [0.1, 0.15) is 11.6 Å². The third kappa shape index (κ3) is 2.06. The number of hydrogen-bond acceptors (Lipinski definition) is 2. The molecule has 0 aliphatic carbocycles. The first-order valence-electron chi connectivity index (χ1n) is 6.66. The van der Waals surface area contributed by atoms with Crippen molar-refractivity contribution in [3.05, 3.63) is 41.0 Å². The Morgan fingerprint density at radius 2 is 2.21 bits per heavy atom. The molecule has 19 heavy (non-hydrogen) atoms. The molecule has 0 fully saturated rings. The van der Waals surface area contributed by atoms with Crippen LogP contribution in [-0.4, -0.2) is 14.7 Å². The van der Waals surface area contributed by atoms with Crippen molar-refractivity contribution in [2.24, 2.45) is 0 Å². The minimum atomic E-state index is -0.198. The molecule has 0 unspecified atom stereocenters. The lowest BCUT2D eigenvalue weighted by Gasteiger charge is -2.17. The van der Waals surface area contributed by atoms with Crippen LogP contribution in [0.15, 0.2) is 18.2 Å². The number of hydrogen-bond donors (Lipinski definition) is 1. The molecule has 0 atom stereocenters. The first kappa shape index (κ1) is 12.4. The van der Waals surface area contributed by atoms with Crippen LogP contribution in [0, 0.1) is 12.7 Å². The summed E-state index contributed by atoms with van der Waals surface area (Å²) in [7, 11) is 0. The van der Waals surface area contributed by atoms with E-state index < -0.39 is 0 Å². The Morgan fingerprint density at radius 1 is 1.37 bits per heavy atom. The van der Waals surface area contributed by atoms with Crippen LogP contribution in [0.1, 0.15) is 29.8 Å². The number of aryl methyl sites for hydroxylation is 1. The average molecular weight is 260 g/mol. The van der Waals surface area contributed by atoms with Crippen LogP contribution in [0.5, 0.6) is 0 Å². The van der Waals surface area contributed by atoms with E-state index in [0.29, 0.717) is 5.56 Å². The fourth-order valence-electron chi connectivity index (χ4n) is 2.75. The number of benzene rings is 1. The van der Waals surface area contributed by atoms with Crippen LogP contribution in [0.25, 0.3) is 11.4 Å². The molecule has 1 aliphatic rings. The van der Waals surface area contributed by atoms with E-state index in [1.54, 1.807) is 13.0 Å². The monoisotopic (exact) mass is 260 g/mol. The van der Waals surface area contributed by atoms with Crippen molar-refractivity contribution in [1.29, 1.82) is 0 Å². The van der Waals surface area contributed by atoms with Crippen molar-refractivity contribution >= 4 is 0 Å². The molecule has 0 radical (unpaired) electrons. The molecule has 2 aromatic rings. The number of halogens is 1. The quantitative estimate of drug-likeness (QED) is 0.901. The van der Waals surface area contributed by atoms with Gasteiger partial charge in [-0.05, 0) is 49.9 Å². The van der Waals surface area contributed by atoms with Crippen LogP contribution in [0.2, 0.25) is 0 Å². The van der Waals surface area contributed by atoms with Gasteiger partial charge in [-0.1, -0.05) is 0 Å². The van der Waals surface area contributed by atoms with E-state index in [-0.39, 0.29) is 12.4 Å². The second-order valence-electron chi connectivity index (χ2n) is 5.06. The molecule has 1 aromatic heterocycles. The van der Waals surface area contributed by atoms with E-state index in [4.69, 9.17) is 0 Å². The molecule has 1 aliphatic heterocycles. The lowest BCUT2D eigenvalue weighted by atomic mass is 10.1. The van der Waals surface area contributed by atoms with Crippen LogP contribution in [0.3, 0.4) is 0 Å². The van der Waals surface area contributed by atoms with Crippen molar-refractivity contribution in [2.75, 3.05) is 0 Å². The molecular weight excluding hydrogens is 243 g/mol. The topological polar surface area (TPSA) is 38.1 Å². The van der Waals surface area contributed by atoms with Gasteiger partial charge in [0.25, 0.3) is 0 Å². The predicted octanol–water partition coefficient (Wildman–Crippen LogP) is 2.83. The van der Waals surface area contributed by atoms with Gasteiger partial charge in [-0.3, -0.25) is 0 Å². The Labute approximate surface area is 111 Å². The zero-order chi connectivity index (χ0) is 13.4. The van der Waals surface area contributed by atoms with Crippen molar-refractivity contribution in [2.45, 2.75) is 39.3 Å². The Morgan fingerprint density at radius 3 is 2.95 bits per heavy atom. The van der Waals surface area contributed by atoms with Crippen molar-refractivity contribution in [3.8, 4) is 11.4 Å². The summed E-state index contributed by atoms with van der Waals surface area (Å²) >= 11 is 0. The van der Waals surface area contributed by atoms with E-state index in [1.807, 2.05) is 6.07 Å². The maximum Gasteiger partial charge on any atom is 0.140 e. The summed E-state index contributed by atoms with van der Waals surface area (Å²) in [6.07, 6.45) is 3.23. The molecule has 4 heteroatoms. The molecule has 3 nitrogen and oxygen atoms in total. The highest BCUT2D eigenvalue weighted by Crippen LogP contribution is 2.28. The van der Waals surface area contributed by atoms with Crippen LogP contribution < -0.4 is 0 Å². The normalized spacial score (nSPS) is 14.5. The molecule has 1 N–H and O–H groups in total. The molecule has 0 amide bonds. The van der Waals surface area contributed by atoms with E-state index in [1.165, 1.54) is 6.07 Å². The predicted molar refractivity (Wildman–Crippen MR) is 71.2 cm³/mol. The van der Waals surface area contributed by atoms with Gasteiger partial charge < -0.3 is 9.67 Å². The largest absolute Gasteiger partial charge is 0.390 e.